The maximum absolute atomic E-state index is 4.74. The van der Waals surface area contributed by atoms with Gasteiger partial charge >= 0.3 is 0 Å². The number of fused-ring (bicyclic) bond motifs is 2. The fourth-order valence-electron chi connectivity index (χ4n) is 4.50. The number of rotatable bonds is 3. The number of aromatic nitrogens is 4. The Hall–Kier alpha value is -2.40. The summed E-state index contributed by atoms with van der Waals surface area (Å²) in [4.78, 5) is 7.32. The largest absolute Gasteiger partial charge is 0.328 e. The van der Waals surface area contributed by atoms with Gasteiger partial charge in [-0.3, -0.25) is 9.58 Å². The first-order valence-electron chi connectivity index (χ1n) is 9.06. The molecular weight excluding hydrogens is 310 g/mol. The molecule has 3 aromatic rings. The van der Waals surface area contributed by atoms with Gasteiger partial charge in [-0.25, -0.2) is 4.98 Å². The molecule has 0 saturated carbocycles. The van der Waals surface area contributed by atoms with Crippen LogP contribution in [0.25, 0.3) is 11.3 Å². The van der Waals surface area contributed by atoms with E-state index in [1.54, 1.807) is 0 Å². The van der Waals surface area contributed by atoms with Gasteiger partial charge in [0.1, 0.15) is 5.82 Å². The molecule has 1 aromatic carbocycles. The normalized spacial score (nSPS) is 22.8. The Balaban J connectivity index is 1.35. The van der Waals surface area contributed by atoms with Gasteiger partial charge in [0.2, 0.25) is 0 Å². The molecule has 0 amide bonds. The smallest absolute Gasteiger partial charge is 0.109 e. The van der Waals surface area contributed by atoms with E-state index in [4.69, 9.17) is 4.98 Å². The average Bonchev–Trinajstić information content (AvgIpc) is 3.31. The van der Waals surface area contributed by atoms with E-state index in [0.717, 1.165) is 31.3 Å². The summed E-state index contributed by atoms with van der Waals surface area (Å²) >= 11 is 0. The number of likely N-dealkylation sites (tertiary alicyclic amines) is 1. The fraction of sp³-hybridized carbons (Fsp3) is 0.400. The quantitative estimate of drug-likeness (QED) is 0.739. The van der Waals surface area contributed by atoms with Gasteiger partial charge in [-0.05, 0) is 17.4 Å². The topological polar surface area (TPSA) is 38.9 Å². The van der Waals surface area contributed by atoms with Crippen molar-refractivity contribution in [1.29, 1.82) is 0 Å². The molecule has 0 N–H and O–H groups in total. The van der Waals surface area contributed by atoms with Gasteiger partial charge < -0.3 is 4.57 Å². The van der Waals surface area contributed by atoms with Gasteiger partial charge in [-0.1, -0.05) is 30.3 Å². The number of hydrogen-bond donors (Lipinski definition) is 0. The van der Waals surface area contributed by atoms with Crippen molar-refractivity contribution in [2.45, 2.75) is 19.5 Å². The lowest BCUT2D eigenvalue weighted by atomic mass is 9.89. The highest BCUT2D eigenvalue weighted by Gasteiger charge is 2.37. The van der Waals surface area contributed by atoms with Gasteiger partial charge in [0.25, 0.3) is 0 Å². The van der Waals surface area contributed by atoms with E-state index >= 15 is 0 Å². The number of nitrogens with zero attached hydrogens (tertiary/aromatic N) is 5. The highest BCUT2D eigenvalue weighted by Crippen LogP contribution is 2.35. The fourth-order valence-corrected chi connectivity index (χ4v) is 4.50. The molecule has 25 heavy (non-hydrogen) atoms. The van der Waals surface area contributed by atoms with Gasteiger partial charge in [0.05, 0.1) is 18.1 Å². The van der Waals surface area contributed by atoms with E-state index in [0.29, 0.717) is 0 Å². The van der Waals surface area contributed by atoms with Crippen molar-refractivity contribution in [3.05, 3.63) is 60.3 Å². The molecule has 0 bridgehead atoms. The summed E-state index contributed by atoms with van der Waals surface area (Å²) in [5.74, 6) is 2.71. The Morgan fingerprint density at radius 3 is 2.68 bits per heavy atom. The van der Waals surface area contributed by atoms with Gasteiger partial charge in [0, 0.05) is 51.4 Å². The minimum absolute atomic E-state index is 0.723. The zero-order chi connectivity index (χ0) is 16.8. The van der Waals surface area contributed by atoms with Crippen molar-refractivity contribution in [2.24, 2.45) is 18.9 Å². The van der Waals surface area contributed by atoms with E-state index in [2.05, 4.69) is 57.3 Å². The summed E-state index contributed by atoms with van der Waals surface area (Å²) in [5, 5.41) is 4.29. The average molecular weight is 333 g/mol. The molecule has 128 valence electrons. The Bertz CT molecular complexity index is 879. The van der Waals surface area contributed by atoms with Crippen molar-refractivity contribution in [3.8, 4) is 11.3 Å². The van der Waals surface area contributed by atoms with Crippen LogP contribution in [-0.2, 0) is 26.6 Å². The molecule has 1 fully saturated rings. The Morgan fingerprint density at radius 1 is 1.04 bits per heavy atom. The second-order valence-electron chi connectivity index (χ2n) is 7.48. The van der Waals surface area contributed by atoms with Gasteiger partial charge in [-0.15, -0.1) is 0 Å². The molecule has 0 aliphatic carbocycles. The molecule has 2 aromatic heterocycles. The maximum Gasteiger partial charge on any atom is 0.109 e. The van der Waals surface area contributed by atoms with Crippen LogP contribution in [0.15, 0.2) is 48.9 Å². The zero-order valence-electron chi connectivity index (χ0n) is 14.5. The molecule has 5 heteroatoms. The van der Waals surface area contributed by atoms with Crippen LogP contribution in [0.3, 0.4) is 0 Å². The highest BCUT2D eigenvalue weighted by molar-refractivity contribution is 5.59. The van der Waals surface area contributed by atoms with E-state index < -0.39 is 0 Å². The molecule has 0 spiro atoms. The number of aryl methyl sites for hydroxylation is 1. The molecule has 2 atom stereocenters. The molecule has 2 unspecified atom stereocenters. The van der Waals surface area contributed by atoms with Gasteiger partial charge in [-0.2, -0.15) is 5.10 Å². The molecule has 0 radical (unpaired) electrons. The Labute approximate surface area is 147 Å². The van der Waals surface area contributed by atoms with E-state index in [-0.39, 0.29) is 0 Å². The summed E-state index contributed by atoms with van der Waals surface area (Å²) in [6.07, 6.45) is 7.27. The van der Waals surface area contributed by atoms with Crippen molar-refractivity contribution in [1.82, 2.24) is 24.2 Å². The first kappa shape index (κ1) is 14.9. The summed E-state index contributed by atoms with van der Waals surface area (Å²) in [5.41, 5.74) is 3.84. The van der Waals surface area contributed by atoms with Crippen molar-refractivity contribution >= 4 is 0 Å². The van der Waals surface area contributed by atoms with Crippen molar-refractivity contribution in [3.63, 3.8) is 0 Å². The number of imidazole rings is 1. The van der Waals surface area contributed by atoms with Crippen LogP contribution < -0.4 is 0 Å². The maximum atomic E-state index is 4.74. The lowest BCUT2D eigenvalue weighted by Crippen LogP contribution is -2.28. The molecule has 1 saturated heterocycles. The van der Waals surface area contributed by atoms with E-state index in [9.17, 15) is 0 Å². The second-order valence-corrected chi connectivity index (χ2v) is 7.48. The Morgan fingerprint density at radius 2 is 1.88 bits per heavy atom. The summed E-state index contributed by atoms with van der Waals surface area (Å²) in [6, 6.07) is 10.6. The Kier molecular flexibility index (Phi) is 3.48. The zero-order valence-corrected chi connectivity index (χ0v) is 14.5. The minimum Gasteiger partial charge on any atom is -0.328 e. The lowest BCUT2D eigenvalue weighted by Gasteiger charge is -2.27. The first-order chi connectivity index (χ1) is 12.3. The van der Waals surface area contributed by atoms with E-state index in [1.807, 2.05) is 17.9 Å². The van der Waals surface area contributed by atoms with Crippen molar-refractivity contribution in [2.75, 3.05) is 13.1 Å². The summed E-state index contributed by atoms with van der Waals surface area (Å²) in [7, 11) is 1.98. The molecular formula is C20H23N5. The molecule has 5 rings (SSSR count). The predicted octanol–water partition coefficient (Wildman–Crippen LogP) is 2.59. The first-order valence-corrected chi connectivity index (χ1v) is 9.06. The van der Waals surface area contributed by atoms with Crippen LogP contribution in [0.5, 0.6) is 0 Å². The van der Waals surface area contributed by atoms with E-state index in [1.165, 1.54) is 35.7 Å². The van der Waals surface area contributed by atoms with Crippen LogP contribution in [0.2, 0.25) is 0 Å². The van der Waals surface area contributed by atoms with Crippen molar-refractivity contribution < 1.29 is 0 Å². The number of benzene rings is 1. The van der Waals surface area contributed by atoms with Crippen LogP contribution in [0, 0.1) is 11.8 Å². The minimum atomic E-state index is 0.723. The SMILES string of the molecule is Cn1cc(CN2CC3Cc4ncc(-c5ccccc5)n4CC3C2)cn1. The molecule has 2 aliphatic heterocycles. The predicted molar refractivity (Wildman–Crippen MR) is 96.8 cm³/mol. The van der Waals surface area contributed by atoms with Crippen LogP contribution >= 0.6 is 0 Å². The molecule has 5 nitrogen and oxygen atoms in total. The molecule has 2 aliphatic rings. The van der Waals surface area contributed by atoms with Gasteiger partial charge in [0.15, 0.2) is 0 Å². The van der Waals surface area contributed by atoms with Crippen LogP contribution in [0.1, 0.15) is 11.4 Å². The highest BCUT2D eigenvalue weighted by atomic mass is 15.2. The summed E-state index contributed by atoms with van der Waals surface area (Å²) in [6.45, 7) is 4.45. The molecule has 4 heterocycles. The second kappa shape index (κ2) is 5.85. The standard InChI is InChI=1S/C20H23N5/c1-23-10-15(8-22-23)11-24-12-17-7-20-21-9-19(16-5-3-2-4-6-16)25(20)14-18(17)13-24/h2-6,8-10,17-18H,7,11-14H2,1H3. The third-order valence-corrected chi connectivity index (χ3v) is 5.69. The third kappa shape index (κ3) is 2.68. The van der Waals surface area contributed by atoms with Crippen LogP contribution in [-0.4, -0.2) is 37.3 Å². The van der Waals surface area contributed by atoms with Crippen LogP contribution in [0.4, 0.5) is 0 Å². The monoisotopic (exact) mass is 333 g/mol. The summed E-state index contributed by atoms with van der Waals surface area (Å²) < 4.78 is 4.34. The number of hydrogen-bond acceptors (Lipinski definition) is 3. The third-order valence-electron chi connectivity index (χ3n) is 5.69. The lowest BCUT2D eigenvalue weighted by molar-refractivity contribution is 0.307.